The van der Waals surface area contributed by atoms with E-state index in [2.05, 4.69) is 21.4 Å². The molecule has 1 heterocycles. The van der Waals surface area contributed by atoms with Gasteiger partial charge in [0.2, 0.25) is 0 Å². The number of hydrogen-bond acceptors (Lipinski definition) is 4. The molecule has 1 aromatic heterocycles. The Morgan fingerprint density at radius 2 is 1.96 bits per heavy atom. The summed E-state index contributed by atoms with van der Waals surface area (Å²) in [5.41, 5.74) is 4.19. The third kappa shape index (κ3) is 3.92. The molecule has 0 aliphatic heterocycles. The van der Waals surface area contributed by atoms with Crippen LogP contribution in [0.3, 0.4) is 0 Å². The molecule has 5 nitrogen and oxygen atoms in total. The fourth-order valence-corrected chi connectivity index (χ4v) is 2.78. The van der Waals surface area contributed by atoms with Crippen LogP contribution in [0.1, 0.15) is 37.7 Å². The first kappa shape index (κ1) is 17.7. The van der Waals surface area contributed by atoms with Crippen molar-refractivity contribution in [1.82, 2.24) is 9.97 Å². The van der Waals surface area contributed by atoms with Gasteiger partial charge in [-0.2, -0.15) is 5.26 Å². The maximum absolute atomic E-state index is 11.7. The Morgan fingerprint density at radius 3 is 2.62 bits per heavy atom. The molecule has 0 aliphatic rings. The number of imidazole rings is 1. The van der Waals surface area contributed by atoms with Crippen molar-refractivity contribution >= 4 is 22.5 Å². The van der Waals surface area contributed by atoms with E-state index in [4.69, 9.17) is 5.26 Å². The summed E-state index contributed by atoms with van der Waals surface area (Å²) < 4.78 is 0. The highest BCUT2D eigenvalue weighted by molar-refractivity contribution is 5.82. The first-order valence-corrected chi connectivity index (χ1v) is 8.60. The van der Waals surface area contributed by atoms with Gasteiger partial charge in [-0.3, -0.25) is 4.79 Å². The number of aromatic amines is 1. The molecule has 0 unspecified atom stereocenters. The molecule has 0 saturated heterocycles. The Morgan fingerprint density at radius 1 is 1.23 bits per heavy atom. The van der Waals surface area contributed by atoms with E-state index in [1.807, 2.05) is 44.2 Å². The molecule has 0 fully saturated rings. The molecular formula is C21H22N4O. The van der Waals surface area contributed by atoms with Crippen LogP contribution in [0, 0.1) is 16.7 Å². The number of hydrogen-bond donors (Lipinski definition) is 2. The topological polar surface area (TPSA) is 81.6 Å². The van der Waals surface area contributed by atoms with Crippen LogP contribution in [-0.4, -0.2) is 15.8 Å². The summed E-state index contributed by atoms with van der Waals surface area (Å²) in [4.78, 5) is 19.7. The molecule has 132 valence electrons. The van der Waals surface area contributed by atoms with Gasteiger partial charge in [-0.05, 0) is 55.3 Å². The number of ketones is 1. The maximum atomic E-state index is 11.7. The van der Waals surface area contributed by atoms with E-state index >= 15 is 0 Å². The van der Waals surface area contributed by atoms with Gasteiger partial charge in [0.25, 0.3) is 0 Å². The molecule has 0 radical (unpaired) electrons. The third-order valence-electron chi connectivity index (χ3n) is 4.67. The monoisotopic (exact) mass is 346 g/mol. The summed E-state index contributed by atoms with van der Waals surface area (Å²) in [7, 11) is 0. The molecule has 26 heavy (non-hydrogen) atoms. The third-order valence-corrected chi connectivity index (χ3v) is 4.67. The smallest absolute Gasteiger partial charge is 0.135 e. The van der Waals surface area contributed by atoms with Gasteiger partial charge in [0, 0.05) is 11.1 Å². The van der Waals surface area contributed by atoms with E-state index in [-0.39, 0.29) is 11.2 Å². The predicted octanol–water partition coefficient (Wildman–Crippen LogP) is 4.20. The van der Waals surface area contributed by atoms with Crippen molar-refractivity contribution in [2.45, 2.75) is 33.7 Å². The Kier molecular flexibility index (Phi) is 4.77. The number of carbonyl (C=O) groups excluding carboxylic acids is 1. The molecule has 3 aromatic rings. The van der Waals surface area contributed by atoms with E-state index in [1.54, 1.807) is 19.1 Å². The average Bonchev–Trinajstić information content (AvgIpc) is 3.02. The second-order valence-electron chi connectivity index (χ2n) is 7.19. The molecular weight excluding hydrogens is 324 g/mol. The molecule has 0 atom stereocenters. The summed E-state index contributed by atoms with van der Waals surface area (Å²) in [6.07, 6.45) is 0.698. The number of H-pyrrole nitrogens is 1. The zero-order valence-electron chi connectivity index (χ0n) is 15.3. The summed E-state index contributed by atoms with van der Waals surface area (Å²) in [5, 5.41) is 12.1. The first-order chi connectivity index (χ1) is 12.4. The largest absolute Gasteiger partial charge is 0.378 e. The highest BCUT2D eigenvalue weighted by atomic mass is 16.1. The van der Waals surface area contributed by atoms with E-state index in [0.29, 0.717) is 18.5 Å². The average molecular weight is 346 g/mol. The van der Waals surface area contributed by atoms with Crippen molar-refractivity contribution in [3.63, 3.8) is 0 Å². The molecule has 2 N–H and O–H groups in total. The van der Waals surface area contributed by atoms with Gasteiger partial charge < -0.3 is 10.3 Å². The van der Waals surface area contributed by atoms with Crippen molar-refractivity contribution in [2.75, 3.05) is 5.32 Å². The number of fused-ring (bicyclic) bond motifs is 1. The Bertz CT molecular complexity index is 977. The lowest BCUT2D eigenvalue weighted by molar-refractivity contribution is -0.124. The normalized spacial score (nSPS) is 11.3. The number of benzene rings is 2. The zero-order valence-corrected chi connectivity index (χ0v) is 15.3. The quantitative estimate of drug-likeness (QED) is 0.701. The number of nitrogens with one attached hydrogen (secondary N) is 2. The van der Waals surface area contributed by atoms with Gasteiger partial charge in [-0.1, -0.05) is 19.9 Å². The highest BCUT2D eigenvalue weighted by Crippen LogP contribution is 2.25. The van der Waals surface area contributed by atoms with Crippen LogP contribution in [0.25, 0.3) is 11.0 Å². The van der Waals surface area contributed by atoms with Crippen molar-refractivity contribution < 1.29 is 4.79 Å². The standard InChI is InChI=1S/C21H22N4O/c1-14(26)21(2,3)11-16-6-9-18-19(10-16)25-20(24-18)13-23-17-7-4-15(12-22)5-8-17/h4-10,23H,11,13H2,1-3H3,(H,24,25). The highest BCUT2D eigenvalue weighted by Gasteiger charge is 2.24. The van der Waals surface area contributed by atoms with Crippen LogP contribution >= 0.6 is 0 Å². The second-order valence-corrected chi connectivity index (χ2v) is 7.19. The summed E-state index contributed by atoms with van der Waals surface area (Å²) in [6.45, 7) is 6.14. The lowest BCUT2D eigenvalue weighted by Gasteiger charge is -2.20. The number of carbonyl (C=O) groups is 1. The Balaban J connectivity index is 1.72. The molecule has 0 spiro atoms. The van der Waals surface area contributed by atoms with E-state index in [0.717, 1.165) is 28.1 Å². The van der Waals surface area contributed by atoms with Crippen LogP contribution in [0.2, 0.25) is 0 Å². The van der Waals surface area contributed by atoms with Crippen molar-refractivity contribution in [1.29, 1.82) is 5.26 Å². The van der Waals surface area contributed by atoms with Gasteiger partial charge in [-0.25, -0.2) is 4.98 Å². The van der Waals surface area contributed by atoms with Gasteiger partial charge in [0.15, 0.2) is 0 Å². The fraction of sp³-hybridized carbons (Fsp3) is 0.286. The van der Waals surface area contributed by atoms with Crippen LogP contribution < -0.4 is 5.32 Å². The number of Topliss-reactive ketones (excluding diaryl/α,β-unsaturated/α-hetero) is 1. The molecule has 0 amide bonds. The SMILES string of the molecule is CC(=O)C(C)(C)Cc1ccc2[nH]c(CNc3ccc(C#N)cc3)nc2c1. The molecule has 0 saturated carbocycles. The number of nitriles is 1. The Labute approximate surface area is 153 Å². The molecule has 3 rings (SSSR count). The second kappa shape index (κ2) is 7.01. The minimum Gasteiger partial charge on any atom is -0.378 e. The Hall–Kier alpha value is -3.13. The molecule has 0 aliphatic carbocycles. The fourth-order valence-electron chi connectivity index (χ4n) is 2.78. The lowest BCUT2D eigenvalue weighted by atomic mass is 9.82. The minimum atomic E-state index is -0.371. The van der Waals surface area contributed by atoms with Crippen LogP contribution in [0.4, 0.5) is 5.69 Å². The first-order valence-electron chi connectivity index (χ1n) is 8.60. The maximum Gasteiger partial charge on any atom is 0.135 e. The lowest BCUT2D eigenvalue weighted by Crippen LogP contribution is -2.24. The van der Waals surface area contributed by atoms with Crippen molar-refractivity contribution in [3.8, 4) is 6.07 Å². The van der Waals surface area contributed by atoms with E-state index < -0.39 is 0 Å². The van der Waals surface area contributed by atoms with Crippen LogP contribution in [0.5, 0.6) is 0 Å². The van der Waals surface area contributed by atoms with Crippen LogP contribution in [-0.2, 0) is 17.8 Å². The summed E-state index contributed by atoms with van der Waals surface area (Å²) >= 11 is 0. The van der Waals surface area contributed by atoms with Gasteiger partial charge in [0.05, 0.1) is 29.2 Å². The van der Waals surface area contributed by atoms with Crippen molar-refractivity contribution in [2.24, 2.45) is 5.41 Å². The molecule has 0 bridgehead atoms. The van der Waals surface area contributed by atoms with E-state index in [1.165, 1.54) is 0 Å². The summed E-state index contributed by atoms with van der Waals surface area (Å²) in [5.74, 6) is 1.03. The summed E-state index contributed by atoms with van der Waals surface area (Å²) in [6, 6.07) is 15.5. The van der Waals surface area contributed by atoms with E-state index in [9.17, 15) is 4.79 Å². The number of aromatic nitrogens is 2. The van der Waals surface area contributed by atoms with Gasteiger partial charge in [-0.15, -0.1) is 0 Å². The number of rotatable bonds is 6. The number of nitrogens with zero attached hydrogens (tertiary/aromatic N) is 2. The minimum absolute atomic E-state index is 0.187. The number of anilines is 1. The molecule has 5 heteroatoms. The van der Waals surface area contributed by atoms with Gasteiger partial charge >= 0.3 is 0 Å². The molecule has 2 aromatic carbocycles. The zero-order chi connectivity index (χ0) is 18.7. The van der Waals surface area contributed by atoms with Gasteiger partial charge in [0.1, 0.15) is 11.6 Å². The predicted molar refractivity (Wildman–Crippen MR) is 103 cm³/mol. The van der Waals surface area contributed by atoms with Crippen LogP contribution in [0.15, 0.2) is 42.5 Å². The van der Waals surface area contributed by atoms with Crippen molar-refractivity contribution in [3.05, 3.63) is 59.4 Å².